The van der Waals surface area contributed by atoms with Gasteiger partial charge < -0.3 is 0 Å². The third-order valence-electron chi connectivity index (χ3n) is 3.89. The Labute approximate surface area is 94.6 Å². The van der Waals surface area contributed by atoms with Gasteiger partial charge in [-0.15, -0.1) is 0 Å². The monoisotopic (exact) mass is 210 g/mol. The van der Waals surface area contributed by atoms with Crippen LogP contribution in [-0.4, -0.2) is 41.1 Å². The van der Waals surface area contributed by atoms with Crippen molar-refractivity contribution < 1.29 is 0 Å². The molecule has 2 fully saturated rings. The molecule has 2 heteroatoms. The molecule has 0 aliphatic carbocycles. The van der Waals surface area contributed by atoms with Crippen molar-refractivity contribution in [1.82, 2.24) is 9.80 Å². The quantitative estimate of drug-likeness (QED) is 0.606. The minimum absolute atomic E-state index is 0.341. The summed E-state index contributed by atoms with van der Waals surface area (Å²) in [6.45, 7) is 11.0. The fourth-order valence-electron chi connectivity index (χ4n) is 3.14. The molecule has 88 valence electrons. The predicted molar refractivity (Wildman–Crippen MR) is 64.9 cm³/mol. The van der Waals surface area contributed by atoms with E-state index in [0.717, 1.165) is 6.17 Å². The van der Waals surface area contributed by atoms with E-state index in [-0.39, 0.29) is 0 Å². The Morgan fingerprint density at radius 3 is 2.33 bits per heavy atom. The second-order valence-corrected chi connectivity index (χ2v) is 6.08. The molecule has 0 bridgehead atoms. The minimum Gasteiger partial charge on any atom is -0.288 e. The Morgan fingerprint density at radius 2 is 1.60 bits per heavy atom. The Morgan fingerprint density at radius 1 is 0.867 bits per heavy atom. The first-order valence-corrected chi connectivity index (χ1v) is 6.60. The van der Waals surface area contributed by atoms with Crippen molar-refractivity contribution >= 4 is 0 Å². The molecule has 2 nitrogen and oxygen atoms in total. The molecule has 1 atom stereocenters. The van der Waals surface area contributed by atoms with E-state index in [1.54, 1.807) is 0 Å². The van der Waals surface area contributed by atoms with E-state index in [0.29, 0.717) is 5.54 Å². The molecule has 2 heterocycles. The normalized spacial score (nSPS) is 31.0. The molecule has 15 heavy (non-hydrogen) atoms. The van der Waals surface area contributed by atoms with Crippen molar-refractivity contribution in [3.05, 3.63) is 0 Å². The number of hydrogen-bond donors (Lipinski definition) is 0. The summed E-state index contributed by atoms with van der Waals surface area (Å²) in [5.41, 5.74) is 0.341. The summed E-state index contributed by atoms with van der Waals surface area (Å²) in [4.78, 5) is 5.45. The van der Waals surface area contributed by atoms with Crippen molar-refractivity contribution in [3.63, 3.8) is 0 Å². The van der Waals surface area contributed by atoms with Gasteiger partial charge in [0.2, 0.25) is 0 Å². The van der Waals surface area contributed by atoms with Gasteiger partial charge in [0.25, 0.3) is 0 Å². The summed E-state index contributed by atoms with van der Waals surface area (Å²) in [7, 11) is 0. The van der Waals surface area contributed by atoms with Gasteiger partial charge in [-0.05, 0) is 46.6 Å². The lowest BCUT2D eigenvalue weighted by Gasteiger charge is -2.49. The molecule has 2 saturated heterocycles. The maximum atomic E-state index is 2.72. The van der Waals surface area contributed by atoms with Gasteiger partial charge in [0.1, 0.15) is 0 Å². The van der Waals surface area contributed by atoms with Gasteiger partial charge in [-0.2, -0.15) is 0 Å². The van der Waals surface area contributed by atoms with Crippen molar-refractivity contribution in [2.24, 2.45) is 0 Å². The van der Waals surface area contributed by atoms with E-state index < -0.39 is 0 Å². The maximum Gasteiger partial charge on any atom is 0.0626 e. The molecule has 0 aromatic rings. The van der Waals surface area contributed by atoms with Crippen molar-refractivity contribution in [2.75, 3.05) is 19.6 Å². The van der Waals surface area contributed by atoms with Crippen LogP contribution in [0.1, 0.15) is 52.9 Å². The van der Waals surface area contributed by atoms with E-state index in [1.165, 1.54) is 51.7 Å². The van der Waals surface area contributed by atoms with Crippen LogP contribution >= 0.6 is 0 Å². The third kappa shape index (κ3) is 2.54. The summed E-state index contributed by atoms with van der Waals surface area (Å²) in [5, 5.41) is 0. The molecular formula is C13H26N2. The first-order chi connectivity index (χ1) is 7.09. The predicted octanol–water partition coefficient (Wildman–Crippen LogP) is 2.69. The zero-order chi connectivity index (χ0) is 10.9. The summed E-state index contributed by atoms with van der Waals surface area (Å²) < 4.78 is 0. The van der Waals surface area contributed by atoms with Crippen LogP contribution in [0.2, 0.25) is 0 Å². The average Bonchev–Trinajstić information content (AvgIpc) is 2.39. The van der Waals surface area contributed by atoms with Crippen molar-refractivity contribution in [3.8, 4) is 0 Å². The molecule has 0 spiro atoms. The van der Waals surface area contributed by atoms with Gasteiger partial charge >= 0.3 is 0 Å². The highest BCUT2D eigenvalue weighted by Crippen LogP contribution is 2.29. The summed E-state index contributed by atoms with van der Waals surface area (Å²) >= 11 is 0. The highest BCUT2D eigenvalue weighted by atomic mass is 15.4. The summed E-state index contributed by atoms with van der Waals surface area (Å²) in [6, 6.07) is 0. The smallest absolute Gasteiger partial charge is 0.0626 e. The lowest BCUT2D eigenvalue weighted by atomic mass is 10.0. The van der Waals surface area contributed by atoms with Crippen LogP contribution in [0.3, 0.4) is 0 Å². The average molecular weight is 210 g/mol. The Hall–Kier alpha value is -0.0800. The topological polar surface area (TPSA) is 6.48 Å². The number of fused-ring (bicyclic) bond motifs is 1. The maximum absolute atomic E-state index is 2.72. The molecule has 2 rings (SSSR count). The molecule has 1 unspecified atom stereocenters. The van der Waals surface area contributed by atoms with E-state index >= 15 is 0 Å². The standard InChI is InChI=1S/C13H26N2/c1-13(2,3)15-11-7-10-14-9-6-4-5-8-12(14)15/h12H,4-11H2,1-3H3. The van der Waals surface area contributed by atoms with Crippen LogP contribution in [0.15, 0.2) is 0 Å². The SMILES string of the molecule is CC(C)(C)N1CCCN2CCCCCC21. The largest absolute Gasteiger partial charge is 0.288 e. The van der Waals surface area contributed by atoms with E-state index in [2.05, 4.69) is 30.6 Å². The van der Waals surface area contributed by atoms with Gasteiger partial charge in [0.15, 0.2) is 0 Å². The van der Waals surface area contributed by atoms with Crippen LogP contribution in [0, 0.1) is 0 Å². The van der Waals surface area contributed by atoms with E-state index in [9.17, 15) is 0 Å². The number of hydrogen-bond acceptors (Lipinski definition) is 2. The molecule has 0 radical (unpaired) electrons. The van der Waals surface area contributed by atoms with Crippen LogP contribution < -0.4 is 0 Å². The van der Waals surface area contributed by atoms with Crippen molar-refractivity contribution in [1.29, 1.82) is 0 Å². The molecule has 2 aliphatic heterocycles. The Bertz CT molecular complexity index is 207. The highest BCUT2D eigenvalue weighted by molar-refractivity contribution is 4.88. The lowest BCUT2D eigenvalue weighted by molar-refractivity contribution is -0.0478. The van der Waals surface area contributed by atoms with Crippen LogP contribution in [0.4, 0.5) is 0 Å². The van der Waals surface area contributed by atoms with Gasteiger partial charge in [0, 0.05) is 18.6 Å². The molecule has 0 amide bonds. The summed E-state index contributed by atoms with van der Waals surface area (Å²) in [6.07, 6.45) is 7.75. The highest BCUT2D eigenvalue weighted by Gasteiger charge is 2.35. The fraction of sp³-hybridized carbons (Fsp3) is 1.00. The number of rotatable bonds is 0. The second kappa shape index (κ2) is 4.42. The first-order valence-electron chi connectivity index (χ1n) is 6.60. The molecular weight excluding hydrogens is 184 g/mol. The summed E-state index contributed by atoms with van der Waals surface area (Å²) in [5.74, 6) is 0. The Kier molecular flexibility index (Phi) is 3.36. The van der Waals surface area contributed by atoms with E-state index in [4.69, 9.17) is 0 Å². The van der Waals surface area contributed by atoms with Gasteiger partial charge in [-0.1, -0.05) is 12.8 Å². The van der Waals surface area contributed by atoms with Gasteiger partial charge in [-0.3, -0.25) is 9.80 Å². The van der Waals surface area contributed by atoms with E-state index in [1.807, 2.05) is 0 Å². The minimum atomic E-state index is 0.341. The van der Waals surface area contributed by atoms with Crippen molar-refractivity contribution in [2.45, 2.75) is 64.6 Å². The first kappa shape index (κ1) is 11.4. The van der Waals surface area contributed by atoms with Gasteiger partial charge in [0.05, 0.1) is 6.17 Å². The zero-order valence-corrected chi connectivity index (χ0v) is 10.6. The van der Waals surface area contributed by atoms with Crippen LogP contribution in [0.25, 0.3) is 0 Å². The molecule has 0 saturated carbocycles. The van der Waals surface area contributed by atoms with Crippen LogP contribution in [-0.2, 0) is 0 Å². The molecule has 0 aromatic carbocycles. The second-order valence-electron chi connectivity index (χ2n) is 6.08. The molecule has 2 aliphatic rings. The Balaban J connectivity index is 2.10. The lowest BCUT2D eigenvalue weighted by Crippen LogP contribution is -2.59. The fourth-order valence-corrected chi connectivity index (χ4v) is 3.14. The number of nitrogens with zero attached hydrogens (tertiary/aromatic N) is 2. The van der Waals surface area contributed by atoms with Gasteiger partial charge in [-0.25, -0.2) is 0 Å². The third-order valence-corrected chi connectivity index (χ3v) is 3.89. The molecule has 0 N–H and O–H groups in total. The molecule has 0 aromatic heterocycles. The van der Waals surface area contributed by atoms with Crippen LogP contribution in [0.5, 0.6) is 0 Å². The zero-order valence-electron chi connectivity index (χ0n) is 10.6.